The minimum atomic E-state index is -0.688. The highest BCUT2D eigenvalue weighted by molar-refractivity contribution is 7.99. The molecule has 0 spiro atoms. The highest BCUT2D eigenvalue weighted by atomic mass is 32.2. The maximum atomic E-state index is 10.2. The first-order valence-corrected chi connectivity index (χ1v) is 6.89. The molecular weight excluding hydrogens is 208 g/mol. The number of aliphatic carboxylic acids is 1. The predicted octanol–water partition coefficient (Wildman–Crippen LogP) is 3.72. The summed E-state index contributed by atoms with van der Waals surface area (Å²) in [4.78, 5) is 10.2. The zero-order chi connectivity index (χ0) is 11.5. The number of hydrogen-bond donors (Lipinski definition) is 1. The fraction of sp³-hybridized carbons (Fsp3) is 0.750. The van der Waals surface area contributed by atoms with Gasteiger partial charge in [0.2, 0.25) is 0 Å². The Hall–Kier alpha value is -0.440. The minimum absolute atomic E-state index is 0.302. The first-order chi connectivity index (χ1) is 7.20. The molecule has 0 rings (SSSR count). The van der Waals surface area contributed by atoms with Crippen molar-refractivity contribution in [3.63, 3.8) is 0 Å². The third kappa shape index (κ3) is 9.85. The van der Waals surface area contributed by atoms with E-state index < -0.39 is 5.97 Å². The van der Waals surface area contributed by atoms with E-state index >= 15 is 0 Å². The van der Waals surface area contributed by atoms with Crippen molar-refractivity contribution in [1.82, 2.24) is 0 Å². The average Bonchev–Trinajstić information content (AvgIpc) is 2.22. The van der Waals surface area contributed by atoms with E-state index in [9.17, 15) is 4.79 Å². The van der Waals surface area contributed by atoms with Crippen LogP contribution >= 0.6 is 11.8 Å². The van der Waals surface area contributed by atoms with Gasteiger partial charge in [-0.1, -0.05) is 19.1 Å². The number of hydrogen-bond acceptors (Lipinski definition) is 2. The molecule has 0 fully saturated rings. The summed E-state index contributed by atoms with van der Waals surface area (Å²) >= 11 is 1.91. The second kappa shape index (κ2) is 10.1. The second-order valence-corrected chi connectivity index (χ2v) is 4.75. The van der Waals surface area contributed by atoms with Crippen LogP contribution in [0.1, 0.15) is 45.4 Å². The Labute approximate surface area is 97.1 Å². The summed E-state index contributed by atoms with van der Waals surface area (Å²) in [6.45, 7) is 2.21. The highest BCUT2D eigenvalue weighted by Gasteiger charge is 1.99. The van der Waals surface area contributed by atoms with Crippen molar-refractivity contribution in [1.29, 1.82) is 0 Å². The topological polar surface area (TPSA) is 37.3 Å². The van der Waals surface area contributed by atoms with Crippen LogP contribution in [0.4, 0.5) is 0 Å². The third-order valence-corrected chi connectivity index (χ3v) is 3.56. The van der Waals surface area contributed by atoms with Gasteiger partial charge < -0.3 is 5.11 Å². The summed E-state index contributed by atoms with van der Waals surface area (Å²) in [6.07, 6.45) is 12.0. The van der Waals surface area contributed by atoms with Gasteiger partial charge in [-0.3, -0.25) is 4.79 Å². The number of rotatable bonds is 9. The van der Waals surface area contributed by atoms with E-state index in [1.165, 1.54) is 6.42 Å². The summed E-state index contributed by atoms with van der Waals surface area (Å²) in [5.74, 6) is -0.688. The predicted molar refractivity (Wildman–Crippen MR) is 67.5 cm³/mol. The van der Waals surface area contributed by atoms with Gasteiger partial charge in [-0.05, 0) is 38.4 Å². The molecule has 1 unspecified atom stereocenters. The fourth-order valence-electron chi connectivity index (χ4n) is 1.33. The van der Waals surface area contributed by atoms with Gasteiger partial charge in [0.1, 0.15) is 0 Å². The van der Waals surface area contributed by atoms with Crippen LogP contribution < -0.4 is 0 Å². The van der Waals surface area contributed by atoms with E-state index in [4.69, 9.17) is 5.11 Å². The summed E-state index contributed by atoms with van der Waals surface area (Å²) in [7, 11) is 0. The maximum absolute atomic E-state index is 10.2. The molecule has 0 aliphatic carbocycles. The monoisotopic (exact) mass is 230 g/mol. The highest BCUT2D eigenvalue weighted by Crippen LogP contribution is 2.15. The molecule has 0 aromatic carbocycles. The first-order valence-electron chi connectivity index (χ1n) is 5.60. The van der Waals surface area contributed by atoms with Crippen molar-refractivity contribution in [3.05, 3.63) is 12.2 Å². The number of unbranched alkanes of at least 4 members (excludes halogenated alkanes) is 2. The van der Waals surface area contributed by atoms with Gasteiger partial charge >= 0.3 is 5.97 Å². The lowest BCUT2D eigenvalue weighted by Crippen LogP contribution is -1.96. The molecule has 15 heavy (non-hydrogen) atoms. The van der Waals surface area contributed by atoms with Gasteiger partial charge in [0, 0.05) is 11.7 Å². The van der Waals surface area contributed by atoms with Crippen molar-refractivity contribution in [2.45, 2.75) is 50.7 Å². The molecule has 0 saturated heterocycles. The smallest absolute Gasteiger partial charge is 0.303 e. The van der Waals surface area contributed by atoms with E-state index in [1.807, 2.05) is 11.8 Å². The molecule has 0 aliphatic heterocycles. The van der Waals surface area contributed by atoms with E-state index in [2.05, 4.69) is 25.3 Å². The van der Waals surface area contributed by atoms with Crippen molar-refractivity contribution in [3.8, 4) is 0 Å². The lowest BCUT2D eigenvalue weighted by molar-refractivity contribution is -0.137. The lowest BCUT2D eigenvalue weighted by Gasteiger charge is -2.07. The number of thioether (sulfide) groups is 1. The molecule has 2 nitrogen and oxygen atoms in total. The number of allylic oxidation sites excluding steroid dienone is 2. The van der Waals surface area contributed by atoms with Crippen LogP contribution in [0.2, 0.25) is 0 Å². The zero-order valence-electron chi connectivity index (χ0n) is 9.74. The van der Waals surface area contributed by atoms with Gasteiger partial charge in [-0.2, -0.15) is 11.8 Å². The molecule has 0 radical (unpaired) electrons. The van der Waals surface area contributed by atoms with Crippen LogP contribution in [0.25, 0.3) is 0 Å². The molecule has 0 aliphatic rings. The van der Waals surface area contributed by atoms with Crippen LogP contribution in [0.3, 0.4) is 0 Å². The maximum Gasteiger partial charge on any atom is 0.303 e. The molecule has 88 valence electrons. The van der Waals surface area contributed by atoms with E-state index in [0.29, 0.717) is 6.42 Å². The molecular formula is C12H22O2S. The summed E-state index contributed by atoms with van der Waals surface area (Å²) in [5.41, 5.74) is 0. The molecule has 3 heteroatoms. The molecule has 0 aromatic heterocycles. The van der Waals surface area contributed by atoms with Crippen molar-refractivity contribution in [2.75, 3.05) is 6.26 Å². The van der Waals surface area contributed by atoms with Gasteiger partial charge in [-0.15, -0.1) is 0 Å². The fourth-order valence-corrected chi connectivity index (χ4v) is 1.97. The lowest BCUT2D eigenvalue weighted by atomic mass is 10.1. The average molecular weight is 230 g/mol. The zero-order valence-corrected chi connectivity index (χ0v) is 10.6. The van der Waals surface area contributed by atoms with Crippen LogP contribution in [0.15, 0.2) is 12.2 Å². The normalized spacial score (nSPS) is 13.2. The Bertz CT molecular complexity index is 186. The summed E-state index contributed by atoms with van der Waals surface area (Å²) < 4.78 is 0. The molecule has 0 amide bonds. The Morgan fingerprint density at radius 3 is 2.67 bits per heavy atom. The Morgan fingerprint density at radius 2 is 2.13 bits per heavy atom. The summed E-state index contributed by atoms with van der Waals surface area (Å²) in [6, 6.07) is 0. The van der Waals surface area contributed by atoms with Gasteiger partial charge in [0.25, 0.3) is 0 Å². The van der Waals surface area contributed by atoms with Crippen LogP contribution in [0, 0.1) is 0 Å². The minimum Gasteiger partial charge on any atom is -0.481 e. The van der Waals surface area contributed by atoms with Crippen molar-refractivity contribution in [2.24, 2.45) is 0 Å². The van der Waals surface area contributed by atoms with E-state index in [-0.39, 0.29) is 0 Å². The second-order valence-electron chi connectivity index (χ2n) is 3.61. The number of carboxylic acids is 1. The Morgan fingerprint density at radius 1 is 1.40 bits per heavy atom. The standard InChI is InChI=1S/C12H22O2S/c1-3-11(15-2)9-7-5-4-6-8-10-12(13)14/h5,7,11H,3-4,6,8-10H2,1-2H3,(H,13,14)/b7-5+. The Balaban J connectivity index is 3.34. The van der Waals surface area contributed by atoms with Gasteiger partial charge in [-0.25, -0.2) is 0 Å². The van der Waals surface area contributed by atoms with E-state index in [0.717, 1.165) is 30.9 Å². The number of carboxylic acid groups (broad SMARTS) is 1. The molecule has 0 aromatic rings. The van der Waals surface area contributed by atoms with Gasteiger partial charge in [0.15, 0.2) is 0 Å². The van der Waals surface area contributed by atoms with Crippen molar-refractivity contribution >= 4 is 17.7 Å². The van der Waals surface area contributed by atoms with Crippen LogP contribution in [0.5, 0.6) is 0 Å². The van der Waals surface area contributed by atoms with E-state index in [1.54, 1.807) is 0 Å². The molecule has 0 saturated carbocycles. The molecule has 0 heterocycles. The molecule has 1 N–H and O–H groups in total. The van der Waals surface area contributed by atoms with Crippen LogP contribution in [-0.4, -0.2) is 22.6 Å². The summed E-state index contributed by atoms with van der Waals surface area (Å²) in [5, 5.41) is 9.17. The van der Waals surface area contributed by atoms with Crippen LogP contribution in [-0.2, 0) is 4.79 Å². The van der Waals surface area contributed by atoms with Gasteiger partial charge in [0.05, 0.1) is 0 Å². The SMILES string of the molecule is CCC(C/C=C/CCCCC(=O)O)SC. The molecule has 1 atom stereocenters. The number of carbonyl (C=O) groups is 1. The largest absolute Gasteiger partial charge is 0.481 e. The third-order valence-electron chi connectivity index (χ3n) is 2.37. The Kier molecular flexibility index (Phi) is 9.79. The van der Waals surface area contributed by atoms with Crippen molar-refractivity contribution < 1.29 is 9.90 Å². The quantitative estimate of drug-likeness (QED) is 0.484. The molecule has 0 bridgehead atoms. The first kappa shape index (κ1) is 14.6.